The number of carbonyl (C=O) groups is 3. The second-order valence-corrected chi connectivity index (χ2v) is 6.38. The van der Waals surface area contributed by atoms with Crippen molar-refractivity contribution in [3.8, 4) is 0 Å². The summed E-state index contributed by atoms with van der Waals surface area (Å²) in [7, 11) is 0. The second kappa shape index (κ2) is 10.5. The van der Waals surface area contributed by atoms with Crippen LogP contribution in [0.3, 0.4) is 0 Å². The SMILES string of the molecule is O=C(CNC(=O)c1ccco1)NCC(=O)NN(Cc1ccccc1)c1ccccc1. The van der Waals surface area contributed by atoms with Crippen molar-refractivity contribution in [2.75, 3.05) is 18.1 Å². The minimum absolute atomic E-state index is 0.111. The highest BCUT2D eigenvalue weighted by atomic mass is 16.3. The molecule has 0 aliphatic carbocycles. The minimum Gasteiger partial charge on any atom is -0.459 e. The molecule has 0 aliphatic rings. The first kappa shape index (κ1) is 20.7. The van der Waals surface area contributed by atoms with Crippen LogP contribution in [-0.2, 0) is 16.1 Å². The van der Waals surface area contributed by atoms with Crippen LogP contribution >= 0.6 is 0 Å². The number of para-hydroxylation sites is 1. The fourth-order valence-electron chi connectivity index (χ4n) is 2.66. The summed E-state index contributed by atoms with van der Waals surface area (Å²) < 4.78 is 4.95. The average molecular weight is 406 g/mol. The lowest BCUT2D eigenvalue weighted by Crippen LogP contribution is -2.48. The van der Waals surface area contributed by atoms with E-state index >= 15 is 0 Å². The molecule has 154 valence electrons. The number of nitrogens with zero attached hydrogens (tertiary/aromatic N) is 1. The van der Waals surface area contributed by atoms with Crippen LogP contribution in [0.25, 0.3) is 0 Å². The molecule has 0 atom stereocenters. The highest BCUT2D eigenvalue weighted by Crippen LogP contribution is 2.14. The third kappa shape index (κ3) is 6.23. The molecule has 0 fully saturated rings. The molecular formula is C22H22N4O4. The topological polar surface area (TPSA) is 104 Å². The molecule has 0 bridgehead atoms. The summed E-state index contributed by atoms with van der Waals surface area (Å²) >= 11 is 0. The van der Waals surface area contributed by atoms with Gasteiger partial charge in [0, 0.05) is 0 Å². The Hall–Kier alpha value is -4.07. The van der Waals surface area contributed by atoms with E-state index in [1.54, 1.807) is 11.1 Å². The molecule has 3 rings (SSSR count). The molecule has 0 aliphatic heterocycles. The lowest BCUT2D eigenvalue weighted by Gasteiger charge is -2.25. The molecule has 0 radical (unpaired) electrons. The van der Waals surface area contributed by atoms with Crippen LogP contribution in [0.4, 0.5) is 5.69 Å². The molecule has 1 aromatic heterocycles. The third-order valence-corrected chi connectivity index (χ3v) is 4.11. The molecule has 3 N–H and O–H groups in total. The first-order valence-electron chi connectivity index (χ1n) is 9.36. The van der Waals surface area contributed by atoms with Gasteiger partial charge in [-0.05, 0) is 29.8 Å². The summed E-state index contributed by atoms with van der Waals surface area (Å²) in [5.74, 6) is -1.27. The Labute approximate surface area is 173 Å². The van der Waals surface area contributed by atoms with Gasteiger partial charge in [0.15, 0.2) is 5.76 Å². The molecular weight excluding hydrogens is 384 g/mol. The van der Waals surface area contributed by atoms with Gasteiger partial charge in [0.1, 0.15) is 0 Å². The van der Waals surface area contributed by atoms with Crippen molar-refractivity contribution in [3.63, 3.8) is 0 Å². The van der Waals surface area contributed by atoms with Gasteiger partial charge < -0.3 is 15.1 Å². The summed E-state index contributed by atoms with van der Waals surface area (Å²) in [4.78, 5) is 36.0. The maximum Gasteiger partial charge on any atom is 0.287 e. The highest BCUT2D eigenvalue weighted by molar-refractivity contribution is 5.94. The Balaban J connectivity index is 1.50. The maximum absolute atomic E-state index is 12.4. The van der Waals surface area contributed by atoms with E-state index in [9.17, 15) is 14.4 Å². The van der Waals surface area contributed by atoms with E-state index in [0.717, 1.165) is 11.3 Å². The maximum atomic E-state index is 12.4. The van der Waals surface area contributed by atoms with Gasteiger partial charge in [-0.15, -0.1) is 0 Å². The van der Waals surface area contributed by atoms with Crippen molar-refractivity contribution in [2.45, 2.75) is 6.54 Å². The van der Waals surface area contributed by atoms with Gasteiger partial charge in [0.05, 0.1) is 31.6 Å². The van der Waals surface area contributed by atoms with E-state index in [-0.39, 0.29) is 24.8 Å². The lowest BCUT2D eigenvalue weighted by atomic mass is 10.2. The predicted octanol–water partition coefficient (Wildman–Crippen LogP) is 1.86. The fraction of sp³-hybridized carbons (Fsp3) is 0.136. The smallest absolute Gasteiger partial charge is 0.287 e. The van der Waals surface area contributed by atoms with Crippen molar-refractivity contribution >= 4 is 23.4 Å². The number of carbonyl (C=O) groups excluding carboxylic acids is 3. The molecule has 0 saturated heterocycles. The number of hydrazine groups is 1. The van der Waals surface area contributed by atoms with Gasteiger partial charge in [-0.3, -0.25) is 24.8 Å². The van der Waals surface area contributed by atoms with Crippen molar-refractivity contribution in [1.29, 1.82) is 0 Å². The zero-order valence-electron chi connectivity index (χ0n) is 16.2. The van der Waals surface area contributed by atoms with Crippen LogP contribution in [0.15, 0.2) is 83.5 Å². The number of anilines is 1. The normalized spacial score (nSPS) is 10.1. The van der Waals surface area contributed by atoms with E-state index in [1.807, 2.05) is 60.7 Å². The van der Waals surface area contributed by atoms with Crippen LogP contribution < -0.4 is 21.1 Å². The third-order valence-electron chi connectivity index (χ3n) is 4.11. The molecule has 0 saturated carbocycles. The Morgan fingerprint density at radius 1 is 0.767 bits per heavy atom. The monoisotopic (exact) mass is 406 g/mol. The van der Waals surface area contributed by atoms with Crippen LogP contribution in [-0.4, -0.2) is 30.8 Å². The first-order chi connectivity index (χ1) is 14.6. The van der Waals surface area contributed by atoms with Crippen LogP contribution in [0, 0.1) is 0 Å². The number of hydrogen-bond donors (Lipinski definition) is 3. The summed E-state index contributed by atoms with van der Waals surface area (Å²) in [6, 6.07) is 22.2. The van der Waals surface area contributed by atoms with Gasteiger partial charge in [-0.1, -0.05) is 48.5 Å². The molecule has 3 amide bonds. The summed E-state index contributed by atoms with van der Waals surface area (Å²) in [5.41, 5.74) is 4.63. The summed E-state index contributed by atoms with van der Waals surface area (Å²) in [6.07, 6.45) is 1.37. The number of benzene rings is 2. The molecule has 0 unspecified atom stereocenters. The highest BCUT2D eigenvalue weighted by Gasteiger charge is 2.13. The first-order valence-corrected chi connectivity index (χ1v) is 9.36. The second-order valence-electron chi connectivity index (χ2n) is 6.38. The summed E-state index contributed by atoms with van der Waals surface area (Å²) in [6.45, 7) is -0.0312. The molecule has 3 aromatic rings. The molecule has 1 heterocycles. The minimum atomic E-state index is -0.502. The van der Waals surface area contributed by atoms with E-state index in [2.05, 4.69) is 16.1 Å². The van der Waals surface area contributed by atoms with Crippen molar-refractivity contribution in [2.24, 2.45) is 0 Å². The van der Waals surface area contributed by atoms with Gasteiger partial charge >= 0.3 is 0 Å². The number of amides is 3. The van der Waals surface area contributed by atoms with Gasteiger partial charge in [-0.2, -0.15) is 0 Å². The van der Waals surface area contributed by atoms with Crippen molar-refractivity contribution in [1.82, 2.24) is 16.1 Å². The molecule has 2 aromatic carbocycles. The Morgan fingerprint density at radius 2 is 1.43 bits per heavy atom. The van der Waals surface area contributed by atoms with E-state index in [4.69, 9.17) is 4.42 Å². The van der Waals surface area contributed by atoms with E-state index in [1.165, 1.54) is 12.3 Å². The standard InChI is InChI=1S/C22H22N4O4/c27-20(14-24-22(29)19-12-7-13-30-19)23-15-21(28)25-26(18-10-5-2-6-11-18)16-17-8-3-1-4-9-17/h1-13H,14-16H2,(H,23,27)(H,24,29)(H,25,28). The van der Waals surface area contributed by atoms with Gasteiger partial charge in [-0.25, -0.2) is 0 Å². The number of hydrogen-bond acceptors (Lipinski definition) is 5. The zero-order chi connectivity index (χ0) is 21.2. The Kier molecular flexibility index (Phi) is 7.21. The Bertz CT molecular complexity index is 959. The predicted molar refractivity (Wildman–Crippen MR) is 111 cm³/mol. The Morgan fingerprint density at radius 3 is 2.10 bits per heavy atom. The zero-order valence-corrected chi connectivity index (χ0v) is 16.2. The lowest BCUT2D eigenvalue weighted by molar-refractivity contribution is -0.125. The molecule has 8 heteroatoms. The van der Waals surface area contributed by atoms with Crippen molar-refractivity contribution in [3.05, 3.63) is 90.4 Å². The fourth-order valence-corrected chi connectivity index (χ4v) is 2.66. The average Bonchev–Trinajstić information content (AvgIpc) is 3.32. The molecule has 8 nitrogen and oxygen atoms in total. The summed E-state index contributed by atoms with van der Waals surface area (Å²) in [5, 5.41) is 6.61. The van der Waals surface area contributed by atoms with Gasteiger partial charge in [0.25, 0.3) is 11.8 Å². The molecule has 0 spiro atoms. The van der Waals surface area contributed by atoms with Gasteiger partial charge in [0.2, 0.25) is 5.91 Å². The number of furan rings is 1. The quantitative estimate of drug-likeness (QED) is 0.471. The van der Waals surface area contributed by atoms with Crippen LogP contribution in [0.1, 0.15) is 16.1 Å². The van der Waals surface area contributed by atoms with Crippen LogP contribution in [0.2, 0.25) is 0 Å². The van der Waals surface area contributed by atoms with Crippen LogP contribution in [0.5, 0.6) is 0 Å². The number of rotatable bonds is 9. The molecule has 30 heavy (non-hydrogen) atoms. The van der Waals surface area contributed by atoms with E-state index < -0.39 is 11.8 Å². The number of nitrogens with one attached hydrogen (secondary N) is 3. The van der Waals surface area contributed by atoms with E-state index in [0.29, 0.717) is 6.54 Å². The largest absolute Gasteiger partial charge is 0.459 e. The van der Waals surface area contributed by atoms with Crippen molar-refractivity contribution < 1.29 is 18.8 Å².